The number of rotatable bonds is 4. The first kappa shape index (κ1) is 13.4. The van der Waals surface area contributed by atoms with Crippen molar-refractivity contribution in [2.75, 3.05) is 7.11 Å². The third kappa shape index (κ3) is 2.52. The van der Waals surface area contributed by atoms with Gasteiger partial charge in [0.2, 0.25) is 0 Å². The fraction of sp³-hybridized carbons (Fsp3) is 0.176. The molecule has 0 spiro atoms. The summed E-state index contributed by atoms with van der Waals surface area (Å²) in [5.41, 5.74) is 2.60. The Morgan fingerprint density at radius 1 is 1.24 bits per heavy atom. The van der Waals surface area contributed by atoms with Crippen molar-refractivity contribution in [2.45, 2.75) is 13.5 Å². The molecule has 1 aromatic heterocycles. The summed E-state index contributed by atoms with van der Waals surface area (Å²) in [6.07, 6.45) is 1.77. The number of aryl methyl sites for hydroxylation is 1. The van der Waals surface area contributed by atoms with Gasteiger partial charge in [-0.1, -0.05) is 24.3 Å². The molecule has 0 aliphatic rings. The zero-order valence-corrected chi connectivity index (χ0v) is 12.0. The summed E-state index contributed by atoms with van der Waals surface area (Å²) in [7, 11) is 1.58. The van der Waals surface area contributed by atoms with E-state index in [0.717, 1.165) is 16.5 Å². The number of hydrogen-bond acceptors (Lipinski definition) is 3. The second-order valence-electron chi connectivity index (χ2n) is 4.99. The Balaban J connectivity index is 1.93. The van der Waals surface area contributed by atoms with Crippen LogP contribution in [0.3, 0.4) is 0 Å². The number of benzene rings is 2. The molecular weight excluding hydrogens is 264 g/mol. The van der Waals surface area contributed by atoms with Gasteiger partial charge >= 0.3 is 0 Å². The van der Waals surface area contributed by atoms with Crippen molar-refractivity contribution in [3.63, 3.8) is 0 Å². The average Bonchev–Trinajstić information content (AvgIpc) is 2.90. The lowest BCUT2D eigenvalue weighted by Gasteiger charge is -2.09. The van der Waals surface area contributed by atoms with Gasteiger partial charge < -0.3 is 4.74 Å². The summed E-state index contributed by atoms with van der Waals surface area (Å²) in [4.78, 5) is 12.5. The summed E-state index contributed by atoms with van der Waals surface area (Å²) < 4.78 is 7.02. The van der Waals surface area contributed by atoms with Crippen molar-refractivity contribution in [1.29, 1.82) is 0 Å². The molecule has 1 heterocycles. The maximum atomic E-state index is 12.5. The molecule has 0 unspecified atom stereocenters. The Kier molecular flexibility index (Phi) is 3.44. The molecule has 4 heteroatoms. The quantitative estimate of drug-likeness (QED) is 0.689. The Bertz CT molecular complexity index is 805. The molecule has 0 aliphatic heterocycles. The highest BCUT2D eigenvalue weighted by molar-refractivity contribution is 5.99. The van der Waals surface area contributed by atoms with Crippen LogP contribution in [0.4, 0.5) is 0 Å². The monoisotopic (exact) mass is 280 g/mol. The fourth-order valence-electron chi connectivity index (χ4n) is 2.40. The van der Waals surface area contributed by atoms with E-state index >= 15 is 0 Å². The second kappa shape index (κ2) is 5.40. The normalized spacial score (nSPS) is 10.8. The number of para-hydroxylation sites is 1. The zero-order chi connectivity index (χ0) is 14.8. The third-order valence-electron chi connectivity index (χ3n) is 3.50. The molecule has 0 bridgehead atoms. The second-order valence-corrected chi connectivity index (χ2v) is 4.99. The van der Waals surface area contributed by atoms with E-state index in [9.17, 15) is 4.79 Å². The number of ether oxygens (including phenoxy) is 1. The van der Waals surface area contributed by atoms with Gasteiger partial charge in [-0.05, 0) is 30.7 Å². The maximum Gasteiger partial charge on any atom is 0.188 e. The summed E-state index contributed by atoms with van der Waals surface area (Å²) >= 11 is 0. The van der Waals surface area contributed by atoms with Gasteiger partial charge in [-0.3, -0.25) is 9.48 Å². The minimum absolute atomic E-state index is 0.0132. The molecule has 0 amide bonds. The number of aromatic nitrogens is 2. The smallest absolute Gasteiger partial charge is 0.188 e. The van der Waals surface area contributed by atoms with Gasteiger partial charge in [-0.2, -0.15) is 5.10 Å². The van der Waals surface area contributed by atoms with E-state index in [2.05, 4.69) is 5.10 Å². The lowest BCUT2D eigenvalue weighted by molar-refractivity contribution is 0.0966. The number of fused-ring (bicyclic) bond motifs is 1. The number of nitrogens with zero attached hydrogens (tertiary/aromatic N) is 2. The van der Waals surface area contributed by atoms with E-state index in [0.29, 0.717) is 11.3 Å². The first-order valence-electron chi connectivity index (χ1n) is 6.77. The Morgan fingerprint density at radius 2 is 2.05 bits per heavy atom. The van der Waals surface area contributed by atoms with Crippen LogP contribution >= 0.6 is 0 Å². The number of methoxy groups -OCH3 is 1. The molecule has 0 saturated heterocycles. The summed E-state index contributed by atoms with van der Waals surface area (Å²) in [5.74, 6) is 0.595. The topological polar surface area (TPSA) is 44.1 Å². The molecule has 0 aliphatic carbocycles. The van der Waals surface area contributed by atoms with E-state index in [1.165, 1.54) is 0 Å². The van der Waals surface area contributed by atoms with Crippen LogP contribution in [0, 0.1) is 6.92 Å². The predicted molar refractivity (Wildman–Crippen MR) is 81.8 cm³/mol. The van der Waals surface area contributed by atoms with Gasteiger partial charge in [0.25, 0.3) is 0 Å². The molecule has 4 nitrogen and oxygen atoms in total. The van der Waals surface area contributed by atoms with E-state index in [-0.39, 0.29) is 12.3 Å². The summed E-state index contributed by atoms with van der Waals surface area (Å²) in [6, 6.07) is 13.4. The van der Waals surface area contributed by atoms with Crippen LogP contribution in [0.15, 0.2) is 48.7 Å². The van der Waals surface area contributed by atoms with Gasteiger partial charge in [0.05, 0.1) is 24.4 Å². The maximum absolute atomic E-state index is 12.5. The van der Waals surface area contributed by atoms with Gasteiger partial charge in [-0.15, -0.1) is 0 Å². The Hall–Kier alpha value is -2.62. The van der Waals surface area contributed by atoms with Crippen molar-refractivity contribution in [2.24, 2.45) is 0 Å². The molecular formula is C17H16N2O2. The minimum Gasteiger partial charge on any atom is -0.496 e. The summed E-state index contributed by atoms with van der Waals surface area (Å²) in [6.45, 7) is 2.17. The van der Waals surface area contributed by atoms with E-state index in [1.54, 1.807) is 18.0 Å². The number of Topliss-reactive ketones (excluding diaryl/α,β-unsaturated/α-hetero) is 1. The van der Waals surface area contributed by atoms with Crippen LogP contribution in [0.5, 0.6) is 5.75 Å². The van der Waals surface area contributed by atoms with E-state index in [1.807, 2.05) is 49.4 Å². The largest absolute Gasteiger partial charge is 0.496 e. The summed E-state index contributed by atoms with van der Waals surface area (Å²) in [5, 5.41) is 5.32. The van der Waals surface area contributed by atoms with Crippen LogP contribution in [0.1, 0.15) is 15.9 Å². The van der Waals surface area contributed by atoms with Gasteiger partial charge in [0.1, 0.15) is 12.3 Å². The SMILES string of the molecule is COc1cc(C)ccc1C(=O)Cn1ncc2ccccc21. The van der Waals surface area contributed by atoms with Crippen molar-refractivity contribution in [3.05, 3.63) is 59.8 Å². The Morgan fingerprint density at radius 3 is 2.86 bits per heavy atom. The predicted octanol–water partition coefficient (Wildman–Crippen LogP) is 3.24. The number of hydrogen-bond donors (Lipinski definition) is 0. The third-order valence-corrected chi connectivity index (χ3v) is 3.50. The number of ketones is 1. The van der Waals surface area contributed by atoms with Crippen LogP contribution in [0.2, 0.25) is 0 Å². The van der Waals surface area contributed by atoms with Crippen LogP contribution in [-0.4, -0.2) is 22.7 Å². The lowest BCUT2D eigenvalue weighted by atomic mass is 10.1. The highest BCUT2D eigenvalue weighted by atomic mass is 16.5. The van der Waals surface area contributed by atoms with E-state index in [4.69, 9.17) is 4.74 Å². The Labute approximate surface area is 123 Å². The molecule has 3 aromatic rings. The van der Waals surface area contributed by atoms with Gasteiger partial charge in [-0.25, -0.2) is 0 Å². The van der Waals surface area contributed by atoms with Crippen LogP contribution in [0.25, 0.3) is 10.9 Å². The number of carbonyl (C=O) groups excluding carboxylic acids is 1. The van der Waals surface area contributed by atoms with Crippen molar-refractivity contribution in [3.8, 4) is 5.75 Å². The lowest BCUT2D eigenvalue weighted by Crippen LogP contribution is -2.12. The molecule has 0 atom stereocenters. The van der Waals surface area contributed by atoms with Crippen LogP contribution in [-0.2, 0) is 6.54 Å². The van der Waals surface area contributed by atoms with Crippen molar-refractivity contribution in [1.82, 2.24) is 9.78 Å². The molecule has 0 N–H and O–H groups in total. The average molecular weight is 280 g/mol. The van der Waals surface area contributed by atoms with Crippen molar-refractivity contribution >= 4 is 16.7 Å². The van der Waals surface area contributed by atoms with E-state index < -0.39 is 0 Å². The minimum atomic E-state index is -0.0132. The standard InChI is InChI=1S/C17H16N2O2/c1-12-7-8-14(17(9-12)21-2)16(20)11-19-15-6-4-3-5-13(15)10-18-19/h3-10H,11H2,1-2H3. The first-order chi connectivity index (χ1) is 10.2. The zero-order valence-electron chi connectivity index (χ0n) is 12.0. The first-order valence-corrected chi connectivity index (χ1v) is 6.77. The molecule has 3 rings (SSSR count). The molecule has 106 valence electrons. The van der Waals surface area contributed by atoms with Gasteiger partial charge in [0, 0.05) is 5.39 Å². The van der Waals surface area contributed by atoms with Crippen molar-refractivity contribution < 1.29 is 9.53 Å². The molecule has 2 aromatic carbocycles. The van der Waals surface area contributed by atoms with Crippen LogP contribution < -0.4 is 4.74 Å². The molecule has 0 radical (unpaired) electrons. The highest BCUT2D eigenvalue weighted by Crippen LogP contribution is 2.21. The molecule has 21 heavy (non-hydrogen) atoms. The highest BCUT2D eigenvalue weighted by Gasteiger charge is 2.14. The molecule has 0 fully saturated rings. The fourth-order valence-corrected chi connectivity index (χ4v) is 2.40. The number of carbonyl (C=O) groups is 1. The van der Waals surface area contributed by atoms with Gasteiger partial charge in [0.15, 0.2) is 5.78 Å². The molecule has 0 saturated carbocycles.